The van der Waals surface area contributed by atoms with Crippen molar-refractivity contribution < 1.29 is 19.4 Å². The summed E-state index contributed by atoms with van der Waals surface area (Å²) in [6, 6.07) is 0. The van der Waals surface area contributed by atoms with Crippen LogP contribution >= 0.6 is 0 Å². The standard InChI is InChI=1S/C9H16O4/c1-6(4-8(10)11)7(2)5-9(12)13-3/h6-7H,4-5H2,1-3H3,(H,10,11)/t6-,7-/m1/s1. The molecule has 13 heavy (non-hydrogen) atoms. The number of carboxylic acid groups (broad SMARTS) is 1. The molecule has 0 aliphatic heterocycles. The maximum atomic E-state index is 10.8. The third kappa shape index (κ3) is 5.22. The van der Waals surface area contributed by atoms with E-state index in [1.54, 1.807) is 0 Å². The molecule has 76 valence electrons. The molecule has 0 heterocycles. The molecule has 0 spiro atoms. The Kier molecular flexibility index (Phi) is 5.11. The Hall–Kier alpha value is -1.06. The van der Waals surface area contributed by atoms with Gasteiger partial charge in [-0.2, -0.15) is 0 Å². The molecular weight excluding hydrogens is 172 g/mol. The Labute approximate surface area is 77.9 Å². The van der Waals surface area contributed by atoms with Crippen molar-refractivity contribution in [2.45, 2.75) is 26.7 Å². The van der Waals surface area contributed by atoms with Gasteiger partial charge in [-0.25, -0.2) is 0 Å². The summed E-state index contributed by atoms with van der Waals surface area (Å²) in [5.41, 5.74) is 0. The van der Waals surface area contributed by atoms with Gasteiger partial charge in [0.1, 0.15) is 0 Å². The second-order valence-corrected chi connectivity index (χ2v) is 3.33. The van der Waals surface area contributed by atoms with Crippen molar-refractivity contribution in [1.29, 1.82) is 0 Å². The molecule has 4 nitrogen and oxygen atoms in total. The number of carbonyl (C=O) groups is 2. The minimum absolute atomic E-state index is 0.00315. The molecule has 0 saturated carbocycles. The van der Waals surface area contributed by atoms with Crippen LogP contribution in [0.1, 0.15) is 26.7 Å². The summed E-state index contributed by atoms with van der Waals surface area (Å²) in [5, 5.41) is 8.51. The molecule has 0 unspecified atom stereocenters. The fourth-order valence-electron chi connectivity index (χ4n) is 1.02. The van der Waals surface area contributed by atoms with Gasteiger partial charge in [-0.05, 0) is 11.8 Å². The topological polar surface area (TPSA) is 63.6 Å². The van der Waals surface area contributed by atoms with Crippen LogP contribution in [0, 0.1) is 11.8 Å². The van der Waals surface area contributed by atoms with Gasteiger partial charge in [-0.1, -0.05) is 13.8 Å². The fraction of sp³-hybridized carbons (Fsp3) is 0.778. The zero-order chi connectivity index (χ0) is 10.4. The molecule has 0 saturated heterocycles. The first kappa shape index (κ1) is 11.9. The summed E-state index contributed by atoms with van der Waals surface area (Å²) < 4.78 is 4.49. The number of methoxy groups -OCH3 is 1. The van der Waals surface area contributed by atoms with E-state index in [0.29, 0.717) is 0 Å². The van der Waals surface area contributed by atoms with Gasteiger partial charge in [0.05, 0.1) is 7.11 Å². The van der Waals surface area contributed by atoms with Crippen molar-refractivity contribution in [1.82, 2.24) is 0 Å². The van der Waals surface area contributed by atoms with Gasteiger partial charge in [-0.15, -0.1) is 0 Å². The molecule has 0 aromatic carbocycles. The van der Waals surface area contributed by atoms with Crippen molar-refractivity contribution in [3.05, 3.63) is 0 Å². The van der Waals surface area contributed by atoms with Crippen LogP contribution in [0.2, 0.25) is 0 Å². The molecule has 0 rings (SSSR count). The van der Waals surface area contributed by atoms with Gasteiger partial charge in [0.15, 0.2) is 0 Å². The first-order valence-corrected chi connectivity index (χ1v) is 4.26. The molecular formula is C9H16O4. The summed E-state index contributed by atoms with van der Waals surface area (Å²) >= 11 is 0. The van der Waals surface area contributed by atoms with Crippen molar-refractivity contribution in [3.8, 4) is 0 Å². The highest BCUT2D eigenvalue weighted by molar-refractivity contribution is 5.70. The molecule has 0 aliphatic carbocycles. The highest BCUT2D eigenvalue weighted by atomic mass is 16.5. The fourth-order valence-corrected chi connectivity index (χ4v) is 1.02. The van der Waals surface area contributed by atoms with Crippen LogP contribution in [0.3, 0.4) is 0 Å². The van der Waals surface area contributed by atoms with E-state index in [0.717, 1.165) is 0 Å². The number of esters is 1. The van der Waals surface area contributed by atoms with Crippen LogP contribution in [-0.4, -0.2) is 24.2 Å². The average Bonchev–Trinajstić information content (AvgIpc) is 2.02. The van der Waals surface area contributed by atoms with E-state index < -0.39 is 5.97 Å². The molecule has 0 aliphatic rings. The number of carboxylic acids is 1. The Bertz CT molecular complexity index is 188. The molecule has 0 radical (unpaired) electrons. The highest BCUT2D eigenvalue weighted by Gasteiger charge is 2.18. The van der Waals surface area contributed by atoms with Crippen LogP contribution in [0.4, 0.5) is 0 Å². The van der Waals surface area contributed by atoms with Crippen LogP contribution < -0.4 is 0 Å². The van der Waals surface area contributed by atoms with E-state index in [4.69, 9.17) is 5.11 Å². The maximum absolute atomic E-state index is 10.8. The predicted octanol–water partition coefficient (Wildman–Crippen LogP) is 1.30. The van der Waals surface area contributed by atoms with E-state index >= 15 is 0 Å². The summed E-state index contributed by atoms with van der Waals surface area (Å²) in [7, 11) is 1.33. The highest BCUT2D eigenvalue weighted by Crippen LogP contribution is 2.18. The number of rotatable bonds is 5. The van der Waals surface area contributed by atoms with Gasteiger partial charge in [-0.3, -0.25) is 9.59 Å². The van der Waals surface area contributed by atoms with E-state index in [1.165, 1.54) is 7.11 Å². The van der Waals surface area contributed by atoms with Gasteiger partial charge in [0, 0.05) is 12.8 Å². The normalized spacial score (nSPS) is 14.7. The molecule has 0 aromatic rings. The second-order valence-electron chi connectivity index (χ2n) is 3.33. The average molecular weight is 188 g/mol. The molecule has 4 heteroatoms. The Morgan fingerprint density at radius 1 is 1.23 bits per heavy atom. The lowest BCUT2D eigenvalue weighted by Gasteiger charge is -2.16. The van der Waals surface area contributed by atoms with E-state index in [2.05, 4.69) is 4.74 Å². The first-order valence-electron chi connectivity index (χ1n) is 4.26. The predicted molar refractivity (Wildman–Crippen MR) is 47.2 cm³/mol. The molecule has 0 aromatic heterocycles. The number of aliphatic carboxylic acids is 1. The zero-order valence-electron chi connectivity index (χ0n) is 8.24. The lowest BCUT2D eigenvalue weighted by Crippen LogP contribution is -2.17. The van der Waals surface area contributed by atoms with E-state index in [9.17, 15) is 9.59 Å². The summed E-state index contributed by atoms with van der Waals surface area (Å²) in [6.07, 6.45) is 0.378. The lowest BCUT2D eigenvalue weighted by atomic mass is 9.90. The van der Waals surface area contributed by atoms with E-state index in [1.807, 2.05) is 13.8 Å². The molecule has 0 bridgehead atoms. The SMILES string of the molecule is COC(=O)C[C@@H](C)[C@H](C)CC(=O)O. The van der Waals surface area contributed by atoms with Gasteiger partial charge >= 0.3 is 11.9 Å². The van der Waals surface area contributed by atoms with Crippen LogP contribution in [-0.2, 0) is 14.3 Å². The Balaban J connectivity index is 3.88. The van der Waals surface area contributed by atoms with Gasteiger partial charge < -0.3 is 9.84 Å². The van der Waals surface area contributed by atoms with Crippen LogP contribution in [0.15, 0.2) is 0 Å². The van der Waals surface area contributed by atoms with Crippen molar-refractivity contribution in [2.75, 3.05) is 7.11 Å². The molecule has 2 atom stereocenters. The van der Waals surface area contributed by atoms with Crippen molar-refractivity contribution >= 4 is 11.9 Å². The Morgan fingerprint density at radius 2 is 1.69 bits per heavy atom. The smallest absolute Gasteiger partial charge is 0.305 e. The minimum atomic E-state index is -0.829. The number of ether oxygens (including phenoxy) is 1. The number of carbonyl (C=O) groups excluding carboxylic acids is 1. The maximum Gasteiger partial charge on any atom is 0.305 e. The van der Waals surface area contributed by atoms with Crippen LogP contribution in [0.5, 0.6) is 0 Å². The van der Waals surface area contributed by atoms with Crippen LogP contribution in [0.25, 0.3) is 0 Å². The molecule has 0 fully saturated rings. The summed E-state index contributed by atoms with van der Waals surface area (Å²) in [4.78, 5) is 21.2. The minimum Gasteiger partial charge on any atom is -0.481 e. The zero-order valence-corrected chi connectivity index (χ0v) is 8.24. The third-order valence-corrected chi connectivity index (χ3v) is 2.18. The quantitative estimate of drug-likeness (QED) is 0.660. The van der Waals surface area contributed by atoms with E-state index in [-0.39, 0.29) is 30.6 Å². The number of hydrogen-bond donors (Lipinski definition) is 1. The Morgan fingerprint density at radius 3 is 2.08 bits per heavy atom. The second kappa shape index (κ2) is 5.56. The largest absolute Gasteiger partial charge is 0.481 e. The van der Waals surface area contributed by atoms with Gasteiger partial charge in [0.2, 0.25) is 0 Å². The summed E-state index contributed by atoms with van der Waals surface area (Å²) in [6.45, 7) is 3.67. The van der Waals surface area contributed by atoms with Crippen molar-refractivity contribution in [3.63, 3.8) is 0 Å². The lowest BCUT2D eigenvalue weighted by molar-refractivity contribution is -0.143. The number of hydrogen-bond acceptors (Lipinski definition) is 3. The first-order chi connectivity index (χ1) is 5.97. The van der Waals surface area contributed by atoms with Crippen molar-refractivity contribution in [2.24, 2.45) is 11.8 Å². The van der Waals surface area contributed by atoms with Gasteiger partial charge in [0.25, 0.3) is 0 Å². The molecule has 1 N–H and O–H groups in total. The monoisotopic (exact) mass is 188 g/mol. The molecule has 0 amide bonds. The summed E-state index contributed by atoms with van der Waals surface area (Å²) in [5.74, 6) is -1.07. The third-order valence-electron chi connectivity index (χ3n) is 2.18.